The Bertz CT molecular complexity index is 798. The van der Waals surface area contributed by atoms with Gasteiger partial charge in [0.1, 0.15) is 11.7 Å². The summed E-state index contributed by atoms with van der Waals surface area (Å²) in [6.45, 7) is -0.141. The Kier molecular flexibility index (Phi) is 5.41. The smallest absolute Gasteiger partial charge is 0.333 e. The van der Waals surface area contributed by atoms with Gasteiger partial charge in [0.15, 0.2) is 11.6 Å². The molecule has 2 heterocycles. The number of alkyl halides is 3. The number of nitrogens with zero attached hydrogens (tertiary/aromatic N) is 3. The van der Waals surface area contributed by atoms with Crippen molar-refractivity contribution in [2.75, 3.05) is 19.6 Å². The summed E-state index contributed by atoms with van der Waals surface area (Å²) >= 11 is 0. The number of halogens is 6. The summed E-state index contributed by atoms with van der Waals surface area (Å²) in [6, 6.07) is 0.210. The Balaban J connectivity index is 1.57. The van der Waals surface area contributed by atoms with Crippen LogP contribution in [0, 0.1) is 17.5 Å². The molecule has 0 aliphatic carbocycles. The zero-order valence-corrected chi connectivity index (χ0v) is 14.4. The summed E-state index contributed by atoms with van der Waals surface area (Å²) in [7, 11) is 0. The molecular weight excluding hydrogens is 392 g/mol. The first-order valence-electron chi connectivity index (χ1n) is 8.38. The van der Waals surface area contributed by atoms with Crippen LogP contribution < -0.4 is 11.2 Å². The minimum atomic E-state index is -4.51. The highest BCUT2D eigenvalue weighted by molar-refractivity contribution is 5.90. The van der Waals surface area contributed by atoms with E-state index < -0.39 is 41.7 Å². The molecule has 1 aromatic carbocycles. The van der Waals surface area contributed by atoms with E-state index in [1.807, 2.05) is 5.43 Å². The van der Waals surface area contributed by atoms with Gasteiger partial charge in [-0.25, -0.2) is 13.2 Å². The van der Waals surface area contributed by atoms with Gasteiger partial charge in [0.2, 0.25) is 12.1 Å². The number of hydrazone groups is 1. The lowest BCUT2D eigenvalue weighted by atomic mass is 10.0. The number of amides is 1. The van der Waals surface area contributed by atoms with Gasteiger partial charge in [-0.1, -0.05) is 0 Å². The number of carbonyl (C=O) groups excluding carboxylic acids is 1. The molecule has 2 unspecified atom stereocenters. The second-order valence-electron chi connectivity index (χ2n) is 6.64. The van der Waals surface area contributed by atoms with Gasteiger partial charge in [-0.05, 0) is 18.1 Å². The van der Waals surface area contributed by atoms with Gasteiger partial charge < -0.3 is 15.5 Å². The number of hydrogen-bond acceptors (Lipinski definition) is 5. The van der Waals surface area contributed by atoms with Crippen molar-refractivity contribution in [3.05, 3.63) is 35.1 Å². The third kappa shape index (κ3) is 4.16. The Morgan fingerprint density at radius 3 is 2.57 bits per heavy atom. The lowest BCUT2D eigenvalue weighted by Crippen LogP contribution is -2.58. The number of hydrogen-bond donors (Lipinski definition) is 2. The molecule has 6 nitrogen and oxygen atoms in total. The summed E-state index contributed by atoms with van der Waals surface area (Å²) in [5, 5.41) is 3.64. The van der Waals surface area contributed by atoms with Gasteiger partial charge in [-0.15, -0.1) is 0 Å². The largest absolute Gasteiger partial charge is 0.428 e. The van der Waals surface area contributed by atoms with E-state index in [9.17, 15) is 31.1 Å². The van der Waals surface area contributed by atoms with E-state index in [4.69, 9.17) is 5.73 Å². The standard InChI is InChI=1S/C16H17F6N5O/c17-10-6-12(19)11(18)4-8(10)3-9(23)5-14(28)26-1-2-27-13(7-26)24-25-15(27)16(20,21)22/h4,6,9,15,25H,1-3,5,7,23H2. The number of amidine groups is 1. The molecule has 12 heteroatoms. The molecule has 0 aromatic heterocycles. The number of carbonyl (C=O) groups is 1. The van der Waals surface area contributed by atoms with Crippen LogP contribution in [0.3, 0.4) is 0 Å². The van der Waals surface area contributed by atoms with Crippen LogP contribution in [-0.2, 0) is 11.2 Å². The molecule has 0 bridgehead atoms. The molecule has 3 N–H and O–H groups in total. The minimum Gasteiger partial charge on any atom is -0.333 e. The zero-order valence-electron chi connectivity index (χ0n) is 14.4. The average Bonchev–Trinajstić information content (AvgIpc) is 3.03. The van der Waals surface area contributed by atoms with Gasteiger partial charge in [-0.2, -0.15) is 18.3 Å². The van der Waals surface area contributed by atoms with E-state index in [2.05, 4.69) is 5.10 Å². The van der Waals surface area contributed by atoms with Crippen molar-refractivity contribution in [3.63, 3.8) is 0 Å². The maximum atomic E-state index is 13.7. The minimum absolute atomic E-state index is 0.0401. The fourth-order valence-corrected chi connectivity index (χ4v) is 3.17. The normalized spacial score (nSPS) is 20.5. The van der Waals surface area contributed by atoms with Crippen LogP contribution in [0.4, 0.5) is 26.3 Å². The van der Waals surface area contributed by atoms with E-state index in [0.717, 1.165) is 4.90 Å². The van der Waals surface area contributed by atoms with E-state index in [-0.39, 0.29) is 43.9 Å². The van der Waals surface area contributed by atoms with Crippen LogP contribution in [-0.4, -0.2) is 59.6 Å². The van der Waals surface area contributed by atoms with Crippen LogP contribution in [0.2, 0.25) is 0 Å². The molecule has 2 aliphatic rings. The molecule has 3 rings (SSSR count). The SMILES string of the molecule is NC(CC(=O)N1CCN2C(=NNC2C(F)(F)F)C1)Cc1cc(F)c(F)cc1F. The first-order valence-corrected chi connectivity index (χ1v) is 8.38. The lowest BCUT2D eigenvalue weighted by Gasteiger charge is -2.37. The van der Waals surface area contributed by atoms with Crippen molar-refractivity contribution in [1.82, 2.24) is 15.2 Å². The highest BCUT2D eigenvalue weighted by atomic mass is 19.4. The van der Waals surface area contributed by atoms with Gasteiger partial charge in [-0.3, -0.25) is 10.2 Å². The molecular formula is C16H17F6N5O. The number of benzene rings is 1. The van der Waals surface area contributed by atoms with Crippen molar-refractivity contribution < 1.29 is 31.1 Å². The van der Waals surface area contributed by atoms with Crippen LogP contribution in [0.1, 0.15) is 12.0 Å². The van der Waals surface area contributed by atoms with Crippen molar-refractivity contribution in [2.45, 2.75) is 31.2 Å². The quantitative estimate of drug-likeness (QED) is 0.581. The third-order valence-corrected chi connectivity index (χ3v) is 4.57. The molecule has 0 radical (unpaired) electrons. The van der Waals surface area contributed by atoms with Crippen molar-refractivity contribution in [1.29, 1.82) is 0 Å². The van der Waals surface area contributed by atoms with Crippen LogP contribution in [0.5, 0.6) is 0 Å². The number of nitrogens with one attached hydrogen (secondary N) is 1. The summed E-state index contributed by atoms with van der Waals surface area (Å²) in [4.78, 5) is 14.7. The summed E-state index contributed by atoms with van der Waals surface area (Å²) in [6.07, 6.45) is -6.86. The predicted molar refractivity (Wildman–Crippen MR) is 86.3 cm³/mol. The predicted octanol–water partition coefficient (Wildman–Crippen LogP) is 1.31. The average molecular weight is 409 g/mol. The third-order valence-electron chi connectivity index (χ3n) is 4.57. The number of rotatable bonds is 4. The first-order chi connectivity index (χ1) is 13.1. The maximum absolute atomic E-state index is 13.7. The lowest BCUT2D eigenvalue weighted by molar-refractivity contribution is -0.179. The van der Waals surface area contributed by atoms with Crippen LogP contribution >= 0.6 is 0 Å². The molecule has 2 aliphatic heterocycles. The highest BCUT2D eigenvalue weighted by Gasteiger charge is 2.49. The molecule has 154 valence electrons. The van der Waals surface area contributed by atoms with E-state index in [1.54, 1.807) is 0 Å². The molecule has 0 spiro atoms. The Hall–Kier alpha value is -2.50. The fourth-order valence-electron chi connectivity index (χ4n) is 3.17. The molecule has 2 atom stereocenters. The summed E-state index contributed by atoms with van der Waals surface area (Å²) < 4.78 is 78.6. The van der Waals surface area contributed by atoms with Gasteiger partial charge in [0, 0.05) is 31.6 Å². The van der Waals surface area contributed by atoms with Gasteiger partial charge in [0.05, 0.1) is 6.54 Å². The Morgan fingerprint density at radius 2 is 1.89 bits per heavy atom. The molecule has 0 saturated carbocycles. The molecule has 28 heavy (non-hydrogen) atoms. The molecule has 1 saturated heterocycles. The first kappa shape index (κ1) is 20.2. The Labute approximate surface area is 155 Å². The maximum Gasteiger partial charge on any atom is 0.428 e. The highest BCUT2D eigenvalue weighted by Crippen LogP contribution is 2.27. The van der Waals surface area contributed by atoms with Crippen molar-refractivity contribution in [3.8, 4) is 0 Å². The second kappa shape index (κ2) is 7.49. The monoisotopic (exact) mass is 409 g/mol. The number of fused-ring (bicyclic) bond motifs is 1. The second-order valence-corrected chi connectivity index (χ2v) is 6.64. The van der Waals surface area contributed by atoms with Crippen molar-refractivity contribution in [2.24, 2.45) is 10.8 Å². The summed E-state index contributed by atoms with van der Waals surface area (Å²) in [5.41, 5.74) is 7.66. The summed E-state index contributed by atoms with van der Waals surface area (Å²) in [5.74, 6) is -3.89. The van der Waals surface area contributed by atoms with Gasteiger partial charge >= 0.3 is 6.18 Å². The van der Waals surface area contributed by atoms with Crippen LogP contribution in [0.15, 0.2) is 17.2 Å². The number of piperazine rings is 1. The van der Waals surface area contributed by atoms with E-state index >= 15 is 0 Å². The molecule has 1 fully saturated rings. The number of nitrogens with two attached hydrogens (primary N) is 1. The fraction of sp³-hybridized carbons (Fsp3) is 0.500. The van der Waals surface area contributed by atoms with Crippen molar-refractivity contribution >= 4 is 11.7 Å². The van der Waals surface area contributed by atoms with E-state index in [0.29, 0.717) is 12.1 Å². The van der Waals surface area contributed by atoms with E-state index in [1.165, 1.54) is 4.90 Å². The Morgan fingerprint density at radius 1 is 1.21 bits per heavy atom. The zero-order chi connectivity index (χ0) is 20.6. The van der Waals surface area contributed by atoms with Gasteiger partial charge in [0.25, 0.3) is 0 Å². The van der Waals surface area contributed by atoms with Crippen LogP contribution in [0.25, 0.3) is 0 Å². The molecule has 1 aromatic rings. The molecule has 1 amide bonds. The topological polar surface area (TPSA) is 74.0 Å².